The Labute approximate surface area is 138 Å². The number of benzene rings is 2. The fraction of sp³-hybridized carbons (Fsp3) is 0.105. The fourth-order valence-electron chi connectivity index (χ4n) is 2.45. The highest BCUT2D eigenvalue weighted by Gasteiger charge is 2.14. The first kappa shape index (κ1) is 15.5. The van der Waals surface area contributed by atoms with Gasteiger partial charge in [-0.2, -0.15) is 0 Å². The lowest BCUT2D eigenvalue weighted by Gasteiger charge is -2.09. The number of ether oxygens (including phenoxy) is 2. The SMILES string of the molecule is C#Cc1cc(-c2cc(=O)c3c(OC)cc(OC)cc3o2)ccc1O. The number of hydrogen-bond acceptors (Lipinski definition) is 5. The first-order valence-electron chi connectivity index (χ1n) is 7.07. The Kier molecular flexibility index (Phi) is 3.88. The third kappa shape index (κ3) is 2.55. The van der Waals surface area contributed by atoms with Crippen molar-refractivity contribution < 1.29 is 19.0 Å². The molecule has 0 aliphatic heterocycles. The van der Waals surface area contributed by atoms with Gasteiger partial charge in [-0.05, 0) is 18.2 Å². The predicted octanol–water partition coefficient (Wildman–Crippen LogP) is 3.16. The highest BCUT2D eigenvalue weighted by atomic mass is 16.5. The molecule has 0 atom stereocenters. The molecule has 0 bridgehead atoms. The lowest BCUT2D eigenvalue weighted by atomic mass is 10.1. The van der Waals surface area contributed by atoms with E-state index in [2.05, 4.69) is 5.92 Å². The zero-order valence-corrected chi connectivity index (χ0v) is 13.1. The van der Waals surface area contributed by atoms with Crippen LogP contribution in [0, 0.1) is 12.3 Å². The van der Waals surface area contributed by atoms with Crippen LogP contribution in [0.5, 0.6) is 17.2 Å². The summed E-state index contributed by atoms with van der Waals surface area (Å²) >= 11 is 0. The minimum atomic E-state index is -0.249. The summed E-state index contributed by atoms with van der Waals surface area (Å²) < 4.78 is 16.3. The first-order chi connectivity index (χ1) is 11.6. The molecule has 5 heteroatoms. The van der Waals surface area contributed by atoms with E-state index in [0.717, 1.165) is 0 Å². The van der Waals surface area contributed by atoms with Crippen molar-refractivity contribution >= 4 is 11.0 Å². The van der Waals surface area contributed by atoms with Crippen molar-refractivity contribution in [3.63, 3.8) is 0 Å². The molecule has 0 saturated carbocycles. The van der Waals surface area contributed by atoms with E-state index in [-0.39, 0.29) is 11.2 Å². The summed E-state index contributed by atoms with van der Waals surface area (Å²) in [5.41, 5.74) is 0.991. The second kappa shape index (κ2) is 6.01. The molecule has 0 fully saturated rings. The molecule has 1 aromatic heterocycles. The molecule has 24 heavy (non-hydrogen) atoms. The summed E-state index contributed by atoms with van der Waals surface area (Å²) in [5, 5.41) is 10.0. The number of terminal acetylenes is 1. The summed E-state index contributed by atoms with van der Waals surface area (Å²) in [4.78, 5) is 12.5. The molecule has 2 aromatic carbocycles. The van der Waals surface area contributed by atoms with Gasteiger partial charge in [-0.25, -0.2) is 0 Å². The summed E-state index contributed by atoms with van der Waals surface area (Å²) in [6.45, 7) is 0. The topological polar surface area (TPSA) is 68.9 Å². The molecule has 0 radical (unpaired) electrons. The Morgan fingerprint density at radius 3 is 2.58 bits per heavy atom. The maximum absolute atomic E-state index is 12.5. The van der Waals surface area contributed by atoms with Crippen LogP contribution < -0.4 is 14.9 Å². The smallest absolute Gasteiger partial charge is 0.197 e. The lowest BCUT2D eigenvalue weighted by molar-refractivity contribution is 0.396. The maximum Gasteiger partial charge on any atom is 0.197 e. The molecule has 0 aliphatic rings. The molecular formula is C19H14O5. The van der Waals surface area contributed by atoms with Gasteiger partial charge in [-0.3, -0.25) is 4.79 Å². The van der Waals surface area contributed by atoms with Crippen LogP contribution in [-0.4, -0.2) is 19.3 Å². The van der Waals surface area contributed by atoms with Gasteiger partial charge in [0.2, 0.25) is 0 Å². The van der Waals surface area contributed by atoms with Crippen molar-refractivity contribution in [1.82, 2.24) is 0 Å². The molecule has 0 saturated heterocycles. The van der Waals surface area contributed by atoms with Crippen LogP contribution in [0.2, 0.25) is 0 Å². The Balaban J connectivity index is 2.28. The Bertz CT molecular complexity index is 1020. The molecule has 3 aromatic rings. The van der Waals surface area contributed by atoms with E-state index in [1.807, 2.05) is 0 Å². The van der Waals surface area contributed by atoms with Crippen molar-refractivity contribution in [2.75, 3.05) is 14.2 Å². The number of phenols is 1. The van der Waals surface area contributed by atoms with Gasteiger partial charge in [-0.15, -0.1) is 6.42 Å². The minimum Gasteiger partial charge on any atom is -0.507 e. The van der Waals surface area contributed by atoms with Crippen LogP contribution in [0.4, 0.5) is 0 Å². The van der Waals surface area contributed by atoms with Crippen LogP contribution in [-0.2, 0) is 0 Å². The third-order valence-electron chi connectivity index (χ3n) is 3.66. The standard InChI is InChI=1S/C19H14O5/c1-4-11-7-12(5-6-14(11)20)16-10-15(21)19-17(23-3)8-13(22-2)9-18(19)24-16/h1,5-10,20H,2-3H3. The molecule has 1 N–H and O–H groups in total. The first-order valence-corrected chi connectivity index (χ1v) is 7.07. The van der Waals surface area contributed by atoms with Crippen LogP contribution in [0.15, 0.2) is 45.6 Å². The lowest BCUT2D eigenvalue weighted by Crippen LogP contribution is -2.03. The summed E-state index contributed by atoms with van der Waals surface area (Å²) in [6, 6.07) is 9.26. The number of methoxy groups -OCH3 is 2. The van der Waals surface area contributed by atoms with Crippen LogP contribution in [0.1, 0.15) is 5.56 Å². The predicted molar refractivity (Wildman–Crippen MR) is 90.6 cm³/mol. The summed E-state index contributed by atoms with van der Waals surface area (Å²) in [5.74, 6) is 3.59. The Morgan fingerprint density at radius 1 is 1.12 bits per heavy atom. The zero-order valence-electron chi connectivity index (χ0n) is 13.1. The Hall–Kier alpha value is -3.39. The van der Waals surface area contributed by atoms with Gasteiger partial charge >= 0.3 is 0 Å². The molecule has 1 heterocycles. The molecule has 3 rings (SSSR count). The fourth-order valence-corrected chi connectivity index (χ4v) is 2.45. The van der Waals surface area contributed by atoms with E-state index >= 15 is 0 Å². The maximum atomic E-state index is 12.5. The molecular weight excluding hydrogens is 308 g/mol. The highest BCUT2D eigenvalue weighted by molar-refractivity contribution is 5.86. The number of hydrogen-bond donors (Lipinski definition) is 1. The number of aromatic hydroxyl groups is 1. The largest absolute Gasteiger partial charge is 0.507 e. The van der Waals surface area contributed by atoms with Crippen molar-refractivity contribution in [3.05, 3.63) is 52.2 Å². The van der Waals surface area contributed by atoms with Crippen molar-refractivity contribution in [1.29, 1.82) is 0 Å². The average Bonchev–Trinajstić information content (AvgIpc) is 2.60. The number of rotatable bonds is 3. The van der Waals surface area contributed by atoms with Crippen molar-refractivity contribution in [2.24, 2.45) is 0 Å². The van der Waals surface area contributed by atoms with E-state index < -0.39 is 0 Å². The van der Waals surface area contributed by atoms with E-state index in [9.17, 15) is 9.90 Å². The van der Waals surface area contributed by atoms with Crippen LogP contribution >= 0.6 is 0 Å². The Morgan fingerprint density at radius 2 is 1.92 bits per heavy atom. The van der Waals surface area contributed by atoms with Gasteiger partial charge in [0.25, 0.3) is 0 Å². The summed E-state index contributed by atoms with van der Waals surface area (Å²) in [6.07, 6.45) is 5.36. The van der Waals surface area contributed by atoms with Gasteiger partial charge in [0.1, 0.15) is 34.0 Å². The van der Waals surface area contributed by atoms with Gasteiger partial charge in [-0.1, -0.05) is 5.92 Å². The highest BCUT2D eigenvalue weighted by Crippen LogP contribution is 2.32. The second-order valence-electron chi connectivity index (χ2n) is 5.05. The van der Waals surface area contributed by atoms with E-state index in [1.54, 1.807) is 24.3 Å². The monoisotopic (exact) mass is 322 g/mol. The third-order valence-corrected chi connectivity index (χ3v) is 3.66. The van der Waals surface area contributed by atoms with Crippen molar-refractivity contribution in [2.45, 2.75) is 0 Å². The van der Waals surface area contributed by atoms with Crippen LogP contribution in [0.25, 0.3) is 22.3 Å². The van der Waals surface area contributed by atoms with Gasteiger partial charge in [0, 0.05) is 23.8 Å². The molecule has 0 spiro atoms. The minimum absolute atomic E-state index is 0.00674. The van der Waals surface area contributed by atoms with E-state index in [0.29, 0.717) is 39.4 Å². The average molecular weight is 322 g/mol. The van der Waals surface area contributed by atoms with E-state index in [4.69, 9.17) is 20.3 Å². The molecule has 120 valence electrons. The van der Waals surface area contributed by atoms with E-state index in [1.165, 1.54) is 26.4 Å². The quantitative estimate of drug-likeness (QED) is 0.750. The van der Waals surface area contributed by atoms with Crippen LogP contribution in [0.3, 0.4) is 0 Å². The molecule has 0 amide bonds. The molecule has 0 aliphatic carbocycles. The molecule has 0 unspecified atom stereocenters. The summed E-state index contributed by atoms with van der Waals surface area (Å²) in [7, 11) is 2.99. The van der Waals surface area contributed by atoms with Gasteiger partial charge in [0.05, 0.1) is 19.8 Å². The normalized spacial score (nSPS) is 10.4. The number of phenolic OH excluding ortho intramolecular Hbond substituents is 1. The molecule has 5 nitrogen and oxygen atoms in total. The second-order valence-corrected chi connectivity index (χ2v) is 5.05. The van der Waals surface area contributed by atoms with Gasteiger partial charge in [0.15, 0.2) is 5.43 Å². The number of fused-ring (bicyclic) bond motifs is 1. The van der Waals surface area contributed by atoms with Gasteiger partial charge < -0.3 is 19.0 Å². The van der Waals surface area contributed by atoms with Crippen molar-refractivity contribution in [3.8, 4) is 40.9 Å². The zero-order chi connectivity index (χ0) is 17.3.